The molecule has 0 bridgehead atoms. The van der Waals surface area contributed by atoms with Crippen LogP contribution in [0.5, 0.6) is 0 Å². The summed E-state index contributed by atoms with van der Waals surface area (Å²) >= 11 is 5.96. The number of benzene rings is 1. The molecule has 0 amide bonds. The van der Waals surface area contributed by atoms with E-state index in [0.717, 1.165) is 12.1 Å². The Morgan fingerprint density at radius 3 is 2.83 bits per heavy atom. The van der Waals surface area contributed by atoms with Gasteiger partial charge in [0.1, 0.15) is 0 Å². The minimum Gasteiger partial charge on any atom is -0.465 e. The Bertz CT molecular complexity index is 407. The van der Waals surface area contributed by atoms with E-state index in [4.69, 9.17) is 16.3 Å². The second-order valence-electron chi connectivity index (χ2n) is 4.37. The smallest absolute Gasteiger partial charge is 0.339 e. The van der Waals surface area contributed by atoms with Gasteiger partial charge in [-0.3, -0.25) is 0 Å². The van der Waals surface area contributed by atoms with Crippen LogP contribution < -0.4 is 5.32 Å². The number of carbonyl (C=O) groups excluding carboxylic acids is 1. The first-order chi connectivity index (χ1) is 8.58. The molecule has 0 heterocycles. The molecule has 0 saturated carbocycles. The monoisotopic (exact) mass is 269 g/mol. The number of halogens is 1. The molecule has 0 spiro atoms. The van der Waals surface area contributed by atoms with Crippen LogP contribution >= 0.6 is 11.6 Å². The fourth-order valence-corrected chi connectivity index (χ4v) is 1.94. The first-order valence-corrected chi connectivity index (χ1v) is 6.60. The van der Waals surface area contributed by atoms with Gasteiger partial charge in [-0.2, -0.15) is 0 Å². The van der Waals surface area contributed by atoms with Gasteiger partial charge in [0.2, 0.25) is 0 Å². The van der Waals surface area contributed by atoms with Crippen LogP contribution in [0.3, 0.4) is 0 Å². The number of hydrogen-bond acceptors (Lipinski definition) is 3. The van der Waals surface area contributed by atoms with Crippen LogP contribution in [0.15, 0.2) is 18.2 Å². The lowest BCUT2D eigenvalue weighted by atomic mass is 10.1. The first-order valence-electron chi connectivity index (χ1n) is 6.22. The minimum absolute atomic E-state index is 0.372. The summed E-state index contributed by atoms with van der Waals surface area (Å²) in [5, 5.41) is 3.77. The minimum atomic E-state index is -0.412. The maximum atomic E-state index is 11.5. The number of methoxy groups -OCH3 is 1. The van der Waals surface area contributed by atoms with E-state index in [-0.39, 0.29) is 0 Å². The lowest BCUT2D eigenvalue weighted by Gasteiger charge is -2.15. The number of carbonyl (C=O) groups is 1. The number of esters is 1. The Labute approximate surface area is 113 Å². The van der Waals surface area contributed by atoms with Crippen molar-refractivity contribution in [2.75, 3.05) is 12.4 Å². The zero-order valence-corrected chi connectivity index (χ0v) is 11.9. The van der Waals surface area contributed by atoms with Crippen LogP contribution in [0.4, 0.5) is 5.69 Å². The van der Waals surface area contributed by atoms with Gasteiger partial charge in [0.25, 0.3) is 0 Å². The van der Waals surface area contributed by atoms with Crippen molar-refractivity contribution in [2.45, 2.75) is 39.2 Å². The van der Waals surface area contributed by atoms with Crippen molar-refractivity contribution in [3.05, 3.63) is 28.8 Å². The van der Waals surface area contributed by atoms with Crippen molar-refractivity contribution in [2.24, 2.45) is 0 Å². The summed E-state index contributed by atoms with van der Waals surface area (Å²) in [5.41, 5.74) is 1.29. The van der Waals surface area contributed by atoms with Crippen molar-refractivity contribution < 1.29 is 9.53 Å². The quantitative estimate of drug-likeness (QED) is 0.790. The Balaban J connectivity index is 2.75. The molecule has 0 radical (unpaired) electrons. The third-order valence-corrected chi connectivity index (χ3v) is 3.11. The number of ether oxygens (including phenoxy) is 1. The van der Waals surface area contributed by atoms with E-state index in [1.165, 1.54) is 20.0 Å². The molecule has 3 nitrogen and oxygen atoms in total. The molecular formula is C14H20ClNO2. The molecule has 0 aliphatic rings. The van der Waals surface area contributed by atoms with Gasteiger partial charge < -0.3 is 10.1 Å². The van der Waals surface area contributed by atoms with E-state index in [0.29, 0.717) is 16.6 Å². The van der Waals surface area contributed by atoms with E-state index < -0.39 is 5.97 Å². The summed E-state index contributed by atoms with van der Waals surface area (Å²) in [6.45, 7) is 4.30. The molecule has 1 aromatic carbocycles. The fraction of sp³-hybridized carbons (Fsp3) is 0.500. The highest BCUT2D eigenvalue weighted by Gasteiger charge is 2.12. The lowest BCUT2D eigenvalue weighted by Crippen LogP contribution is -2.15. The third-order valence-electron chi connectivity index (χ3n) is 2.78. The number of hydrogen-bond donors (Lipinski definition) is 1. The van der Waals surface area contributed by atoms with Gasteiger partial charge in [-0.1, -0.05) is 31.4 Å². The van der Waals surface area contributed by atoms with E-state index in [2.05, 4.69) is 19.2 Å². The molecule has 1 N–H and O–H groups in total. The second kappa shape index (κ2) is 7.27. The molecular weight excluding hydrogens is 250 g/mol. The molecule has 1 atom stereocenters. The standard InChI is InChI=1S/C14H20ClNO2/c1-4-5-6-10(2)16-11-7-8-13(15)12(9-11)14(17)18-3/h7-10,16H,4-6H2,1-3H3. The fourth-order valence-electron chi connectivity index (χ4n) is 1.75. The van der Waals surface area contributed by atoms with Crippen molar-refractivity contribution in [1.82, 2.24) is 0 Å². The van der Waals surface area contributed by atoms with Crippen LogP contribution in [0.25, 0.3) is 0 Å². The highest BCUT2D eigenvalue weighted by molar-refractivity contribution is 6.33. The predicted molar refractivity (Wildman–Crippen MR) is 75.4 cm³/mol. The molecule has 1 aromatic rings. The summed E-state index contributed by atoms with van der Waals surface area (Å²) < 4.78 is 4.69. The normalized spacial score (nSPS) is 12.0. The number of anilines is 1. The molecule has 0 aliphatic carbocycles. The van der Waals surface area contributed by atoms with Gasteiger partial charge in [-0.15, -0.1) is 0 Å². The van der Waals surface area contributed by atoms with Crippen molar-refractivity contribution >= 4 is 23.3 Å². The molecule has 4 heteroatoms. The predicted octanol–water partition coefficient (Wildman–Crippen LogP) is 4.12. The van der Waals surface area contributed by atoms with Gasteiger partial charge in [0, 0.05) is 11.7 Å². The SMILES string of the molecule is CCCCC(C)Nc1ccc(Cl)c(C(=O)OC)c1. The third kappa shape index (κ3) is 4.22. The van der Waals surface area contributed by atoms with E-state index in [9.17, 15) is 4.79 Å². The molecule has 0 fully saturated rings. The van der Waals surface area contributed by atoms with Crippen molar-refractivity contribution in [1.29, 1.82) is 0 Å². The van der Waals surface area contributed by atoms with E-state index in [1.807, 2.05) is 6.07 Å². The molecule has 1 unspecified atom stereocenters. The Morgan fingerprint density at radius 1 is 1.50 bits per heavy atom. The van der Waals surface area contributed by atoms with Crippen molar-refractivity contribution in [3.63, 3.8) is 0 Å². The summed E-state index contributed by atoms with van der Waals surface area (Å²) in [6, 6.07) is 5.69. The second-order valence-corrected chi connectivity index (χ2v) is 4.78. The van der Waals surface area contributed by atoms with E-state index >= 15 is 0 Å². The van der Waals surface area contributed by atoms with Crippen LogP contribution in [0.1, 0.15) is 43.5 Å². The maximum absolute atomic E-state index is 11.5. The van der Waals surface area contributed by atoms with Crippen LogP contribution in [-0.2, 0) is 4.74 Å². The highest BCUT2D eigenvalue weighted by Crippen LogP contribution is 2.22. The lowest BCUT2D eigenvalue weighted by molar-refractivity contribution is 0.0601. The zero-order chi connectivity index (χ0) is 13.5. The Kier molecular flexibility index (Phi) is 5.99. The zero-order valence-electron chi connectivity index (χ0n) is 11.1. The van der Waals surface area contributed by atoms with Crippen molar-refractivity contribution in [3.8, 4) is 0 Å². The summed E-state index contributed by atoms with van der Waals surface area (Å²) in [6.07, 6.45) is 3.47. The van der Waals surface area contributed by atoms with Gasteiger partial charge in [0.15, 0.2) is 0 Å². The molecule has 18 heavy (non-hydrogen) atoms. The maximum Gasteiger partial charge on any atom is 0.339 e. The van der Waals surface area contributed by atoms with Crippen LogP contribution in [-0.4, -0.2) is 19.1 Å². The number of rotatable bonds is 6. The summed E-state index contributed by atoms with van der Waals surface area (Å²) in [5.74, 6) is -0.412. The molecule has 0 aromatic heterocycles. The van der Waals surface area contributed by atoms with Gasteiger partial charge in [-0.05, 0) is 31.5 Å². The topological polar surface area (TPSA) is 38.3 Å². The Morgan fingerprint density at radius 2 is 2.22 bits per heavy atom. The molecule has 0 saturated heterocycles. The van der Waals surface area contributed by atoms with Gasteiger partial charge in [-0.25, -0.2) is 4.79 Å². The van der Waals surface area contributed by atoms with Gasteiger partial charge in [0.05, 0.1) is 17.7 Å². The number of unbranched alkanes of at least 4 members (excludes halogenated alkanes) is 1. The van der Waals surface area contributed by atoms with Crippen LogP contribution in [0.2, 0.25) is 5.02 Å². The molecule has 1 rings (SSSR count). The molecule has 0 aliphatic heterocycles. The average Bonchev–Trinajstić information content (AvgIpc) is 2.37. The van der Waals surface area contributed by atoms with E-state index in [1.54, 1.807) is 12.1 Å². The van der Waals surface area contributed by atoms with Crippen LogP contribution in [0, 0.1) is 0 Å². The first kappa shape index (κ1) is 14.8. The number of nitrogens with one attached hydrogen (secondary N) is 1. The highest BCUT2D eigenvalue weighted by atomic mass is 35.5. The summed E-state index contributed by atoms with van der Waals surface area (Å²) in [7, 11) is 1.35. The largest absolute Gasteiger partial charge is 0.465 e. The average molecular weight is 270 g/mol. The molecule has 100 valence electrons. The Hall–Kier alpha value is -1.22. The summed E-state index contributed by atoms with van der Waals surface area (Å²) in [4.78, 5) is 11.5. The van der Waals surface area contributed by atoms with Gasteiger partial charge >= 0.3 is 5.97 Å².